The number of hydrogen-bond donors (Lipinski definition) is 2. The van der Waals surface area contributed by atoms with E-state index in [-0.39, 0.29) is 5.13 Å². The first kappa shape index (κ1) is 13.6. The highest BCUT2D eigenvalue weighted by Crippen LogP contribution is 2.33. The minimum atomic E-state index is -4.45. The van der Waals surface area contributed by atoms with Crippen LogP contribution in [-0.4, -0.2) is 10.2 Å². The van der Waals surface area contributed by atoms with Crippen LogP contribution in [-0.2, 0) is 12.7 Å². The smallest absolute Gasteiger partial charge is 0.399 e. The Morgan fingerprint density at radius 1 is 1.32 bits per heavy atom. The van der Waals surface area contributed by atoms with Gasteiger partial charge in [-0.15, -0.1) is 10.2 Å². The molecule has 3 N–H and O–H groups in total. The van der Waals surface area contributed by atoms with Crippen LogP contribution >= 0.6 is 11.3 Å². The van der Waals surface area contributed by atoms with E-state index < -0.39 is 11.2 Å². The maximum absolute atomic E-state index is 12.3. The second-order valence-corrected chi connectivity index (χ2v) is 4.87. The Labute approximate surface area is 111 Å². The summed E-state index contributed by atoms with van der Waals surface area (Å²) in [7, 11) is 0. The van der Waals surface area contributed by atoms with Crippen molar-refractivity contribution in [1.29, 1.82) is 0 Å². The molecule has 4 nitrogen and oxygen atoms in total. The molecule has 8 heteroatoms. The first-order valence-electron chi connectivity index (χ1n) is 5.36. The monoisotopic (exact) mass is 288 g/mol. The molecular weight excluding hydrogens is 277 g/mol. The van der Waals surface area contributed by atoms with Crippen LogP contribution in [0.3, 0.4) is 0 Å². The molecule has 0 bridgehead atoms. The van der Waals surface area contributed by atoms with Crippen LogP contribution in [0.4, 0.5) is 24.0 Å². The lowest BCUT2D eigenvalue weighted by Crippen LogP contribution is -2.03. The first-order valence-corrected chi connectivity index (χ1v) is 6.18. The van der Waals surface area contributed by atoms with E-state index in [9.17, 15) is 13.2 Å². The van der Waals surface area contributed by atoms with Crippen molar-refractivity contribution < 1.29 is 13.2 Å². The van der Waals surface area contributed by atoms with E-state index in [1.165, 1.54) is 0 Å². The van der Waals surface area contributed by atoms with Crippen molar-refractivity contribution in [1.82, 2.24) is 10.2 Å². The minimum absolute atomic E-state index is 0.133. The lowest BCUT2D eigenvalue weighted by atomic mass is 10.1. The Morgan fingerprint density at radius 2 is 2.05 bits per heavy atom. The maximum atomic E-state index is 12.3. The second-order valence-electron chi connectivity index (χ2n) is 3.90. The van der Waals surface area contributed by atoms with Crippen LogP contribution in [0.1, 0.15) is 16.1 Å². The molecular formula is C11H11F3N4S. The number of nitrogens with zero attached hydrogens (tertiary/aromatic N) is 2. The number of anilines is 2. The molecule has 0 aliphatic rings. The molecule has 2 rings (SSSR count). The zero-order chi connectivity index (χ0) is 14.0. The van der Waals surface area contributed by atoms with Crippen LogP contribution in [0, 0.1) is 6.92 Å². The van der Waals surface area contributed by atoms with E-state index in [0.717, 1.165) is 11.1 Å². The number of nitrogens with two attached hydrogens (primary N) is 1. The van der Waals surface area contributed by atoms with Gasteiger partial charge in [0.2, 0.25) is 10.1 Å². The lowest BCUT2D eigenvalue weighted by molar-refractivity contribution is -0.138. The van der Waals surface area contributed by atoms with Crippen molar-refractivity contribution in [2.75, 3.05) is 11.1 Å². The minimum Gasteiger partial charge on any atom is -0.399 e. The van der Waals surface area contributed by atoms with Crippen molar-refractivity contribution in [2.24, 2.45) is 0 Å². The summed E-state index contributed by atoms with van der Waals surface area (Å²) in [6, 6.07) is 5.41. The third-order valence-electron chi connectivity index (χ3n) is 2.59. The molecule has 2 aromatic rings. The van der Waals surface area contributed by atoms with E-state index in [4.69, 9.17) is 5.73 Å². The van der Waals surface area contributed by atoms with E-state index in [1.54, 1.807) is 12.1 Å². The Balaban J connectivity index is 2.07. The summed E-state index contributed by atoms with van der Waals surface area (Å²) in [6.07, 6.45) is -4.45. The Bertz CT molecular complexity index is 580. The first-order chi connectivity index (χ1) is 8.88. The predicted octanol–water partition coefficient (Wildman–Crippen LogP) is 3.06. The van der Waals surface area contributed by atoms with Gasteiger partial charge < -0.3 is 11.1 Å². The molecule has 0 aliphatic heterocycles. The highest BCUT2D eigenvalue weighted by Gasteiger charge is 2.35. The Kier molecular flexibility index (Phi) is 3.61. The lowest BCUT2D eigenvalue weighted by Gasteiger charge is -2.08. The van der Waals surface area contributed by atoms with Gasteiger partial charge in [0.15, 0.2) is 0 Å². The van der Waals surface area contributed by atoms with Gasteiger partial charge in [-0.25, -0.2) is 0 Å². The average molecular weight is 288 g/mol. The zero-order valence-corrected chi connectivity index (χ0v) is 10.8. The Morgan fingerprint density at radius 3 is 2.68 bits per heavy atom. The maximum Gasteiger partial charge on any atom is 0.445 e. The molecule has 0 atom stereocenters. The molecule has 0 spiro atoms. The predicted molar refractivity (Wildman–Crippen MR) is 67.8 cm³/mol. The number of halogens is 3. The van der Waals surface area contributed by atoms with Crippen molar-refractivity contribution >= 4 is 22.2 Å². The SMILES string of the molecule is Cc1c(N)cccc1CNc1nnc(C(F)(F)F)s1. The fraction of sp³-hybridized carbons (Fsp3) is 0.273. The zero-order valence-electron chi connectivity index (χ0n) is 9.95. The molecule has 0 amide bonds. The largest absolute Gasteiger partial charge is 0.445 e. The number of hydrogen-bond acceptors (Lipinski definition) is 5. The summed E-state index contributed by atoms with van der Waals surface area (Å²) in [5.41, 5.74) is 8.20. The molecule has 102 valence electrons. The van der Waals surface area contributed by atoms with Gasteiger partial charge in [-0.1, -0.05) is 23.5 Å². The van der Waals surface area contributed by atoms with Crippen LogP contribution < -0.4 is 11.1 Å². The van der Waals surface area contributed by atoms with E-state index in [1.807, 2.05) is 13.0 Å². The fourth-order valence-corrected chi connectivity index (χ4v) is 2.08. The molecule has 0 unspecified atom stereocenters. The number of benzene rings is 1. The Hall–Kier alpha value is -1.83. The molecule has 1 heterocycles. The van der Waals surface area contributed by atoms with Gasteiger partial charge in [0.25, 0.3) is 0 Å². The van der Waals surface area contributed by atoms with Crippen molar-refractivity contribution in [3.8, 4) is 0 Å². The molecule has 0 aliphatic carbocycles. The summed E-state index contributed by atoms with van der Waals surface area (Å²) in [5.74, 6) is 0. The van der Waals surface area contributed by atoms with E-state index in [2.05, 4.69) is 15.5 Å². The standard InChI is InChI=1S/C11H11F3N4S/c1-6-7(3-2-4-8(6)15)5-16-10-18-17-9(19-10)11(12,13)14/h2-4H,5,15H2,1H3,(H,16,18). The van der Waals surface area contributed by atoms with E-state index >= 15 is 0 Å². The fourth-order valence-electron chi connectivity index (χ4n) is 1.47. The van der Waals surface area contributed by atoms with Gasteiger partial charge in [0, 0.05) is 12.2 Å². The number of alkyl halides is 3. The normalized spacial score (nSPS) is 11.6. The quantitative estimate of drug-likeness (QED) is 0.852. The summed E-state index contributed by atoms with van der Waals surface area (Å²) in [5, 5.41) is 8.54. The van der Waals surface area contributed by atoms with Crippen LogP contribution in [0.2, 0.25) is 0 Å². The molecule has 1 aromatic carbocycles. The highest BCUT2D eigenvalue weighted by molar-refractivity contribution is 7.15. The van der Waals surface area contributed by atoms with Gasteiger partial charge in [0.05, 0.1) is 0 Å². The van der Waals surface area contributed by atoms with Crippen LogP contribution in [0.15, 0.2) is 18.2 Å². The summed E-state index contributed by atoms with van der Waals surface area (Å²) in [4.78, 5) is 0. The van der Waals surface area contributed by atoms with Gasteiger partial charge in [-0.3, -0.25) is 0 Å². The third-order valence-corrected chi connectivity index (χ3v) is 3.51. The summed E-state index contributed by atoms with van der Waals surface area (Å²) >= 11 is 0.480. The van der Waals surface area contributed by atoms with E-state index in [0.29, 0.717) is 23.6 Å². The number of nitrogen functional groups attached to an aromatic ring is 1. The summed E-state index contributed by atoms with van der Waals surface area (Å²) in [6.45, 7) is 2.21. The van der Waals surface area contributed by atoms with Crippen molar-refractivity contribution in [2.45, 2.75) is 19.6 Å². The number of nitrogens with one attached hydrogen (secondary N) is 1. The van der Waals surface area contributed by atoms with Crippen LogP contribution in [0.25, 0.3) is 0 Å². The highest BCUT2D eigenvalue weighted by atomic mass is 32.1. The second kappa shape index (κ2) is 5.04. The topological polar surface area (TPSA) is 63.8 Å². The average Bonchev–Trinajstić information content (AvgIpc) is 2.79. The molecule has 19 heavy (non-hydrogen) atoms. The number of rotatable bonds is 3. The van der Waals surface area contributed by atoms with Crippen molar-refractivity contribution in [3.63, 3.8) is 0 Å². The van der Waals surface area contributed by atoms with Gasteiger partial charge >= 0.3 is 6.18 Å². The molecule has 0 saturated heterocycles. The van der Waals surface area contributed by atoms with Gasteiger partial charge in [0.1, 0.15) is 0 Å². The van der Waals surface area contributed by atoms with Gasteiger partial charge in [-0.2, -0.15) is 13.2 Å². The summed E-state index contributed by atoms with van der Waals surface area (Å²) < 4.78 is 37.0. The van der Waals surface area contributed by atoms with Crippen molar-refractivity contribution in [3.05, 3.63) is 34.3 Å². The molecule has 1 aromatic heterocycles. The van der Waals surface area contributed by atoms with Gasteiger partial charge in [-0.05, 0) is 24.1 Å². The molecule has 0 radical (unpaired) electrons. The third kappa shape index (κ3) is 3.14. The molecule has 0 saturated carbocycles. The molecule has 0 fully saturated rings. The van der Waals surface area contributed by atoms with Crippen LogP contribution in [0.5, 0.6) is 0 Å². The number of aromatic nitrogens is 2.